The Balaban J connectivity index is 0.894. The Morgan fingerprint density at radius 2 is 0.697 bits per heavy atom. The van der Waals surface area contributed by atoms with E-state index in [1.807, 2.05) is 0 Å². The molecule has 0 atom stereocenters. The van der Waals surface area contributed by atoms with Crippen molar-refractivity contribution in [3.63, 3.8) is 0 Å². The molecule has 0 bridgehead atoms. The third-order valence-corrected chi connectivity index (χ3v) is 14.1. The molecule has 0 unspecified atom stereocenters. The van der Waals surface area contributed by atoms with E-state index < -0.39 is 0 Å². The minimum Gasteiger partial charge on any atom is -0.309 e. The fourth-order valence-corrected chi connectivity index (χ4v) is 11.3. The van der Waals surface area contributed by atoms with Crippen LogP contribution in [0.15, 0.2) is 224 Å². The van der Waals surface area contributed by atoms with Crippen LogP contribution in [-0.2, 0) is 6.42 Å². The first-order valence-corrected chi connectivity index (χ1v) is 22.9. The summed E-state index contributed by atoms with van der Waals surface area (Å²) in [6, 6.07) is 82.7. The van der Waals surface area contributed by atoms with Crippen molar-refractivity contribution in [3.05, 3.63) is 241 Å². The highest BCUT2D eigenvalue weighted by Crippen LogP contribution is 2.40. The van der Waals surface area contributed by atoms with Crippen molar-refractivity contribution in [2.24, 2.45) is 0 Å². The molecule has 0 saturated heterocycles. The Labute approximate surface area is 381 Å². The van der Waals surface area contributed by atoms with E-state index in [4.69, 9.17) is 0 Å². The zero-order chi connectivity index (χ0) is 43.5. The summed E-state index contributed by atoms with van der Waals surface area (Å²) in [5, 5.41) is 10.1. The Morgan fingerprint density at radius 1 is 0.288 bits per heavy atom. The normalized spacial score (nSPS) is 12.1. The number of benzene rings is 10. The lowest BCUT2D eigenvalue weighted by Gasteiger charge is -2.15. The zero-order valence-electron chi connectivity index (χ0n) is 36.4. The molecule has 0 amide bonds. The van der Waals surface area contributed by atoms with E-state index in [2.05, 4.69) is 250 Å². The molecule has 4 heterocycles. The van der Waals surface area contributed by atoms with E-state index >= 15 is 0 Å². The third kappa shape index (κ3) is 5.33. The molecular formula is C62H42N4. The number of nitrogens with zero attached hydrogens (tertiary/aromatic N) is 4. The minimum atomic E-state index is 0.800. The van der Waals surface area contributed by atoms with E-state index in [0.717, 1.165) is 23.5 Å². The first-order chi connectivity index (χ1) is 32.7. The Morgan fingerprint density at radius 3 is 1.26 bits per heavy atom. The van der Waals surface area contributed by atoms with Gasteiger partial charge in [0.2, 0.25) is 0 Å². The van der Waals surface area contributed by atoms with Crippen LogP contribution in [-0.4, -0.2) is 18.3 Å². The molecule has 0 N–H and O–H groups in total. The summed E-state index contributed by atoms with van der Waals surface area (Å²) in [4.78, 5) is 0. The first kappa shape index (κ1) is 36.8. The molecule has 0 fully saturated rings. The van der Waals surface area contributed by atoms with Crippen LogP contribution in [0.25, 0.3) is 110 Å². The molecule has 0 saturated carbocycles. The van der Waals surface area contributed by atoms with Gasteiger partial charge in [-0.2, -0.15) is 0 Å². The molecule has 0 radical (unpaired) electrons. The molecule has 0 aliphatic carbocycles. The van der Waals surface area contributed by atoms with Crippen LogP contribution in [0.1, 0.15) is 16.7 Å². The highest BCUT2D eigenvalue weighted by Gasteiger charge is 2.20. The zero-order valence-corrected chi connectivity index (χ0v) is 36.4. The van der Waals surface area contributed by atoms with Crippen LogP contribution >= 0.6 is 0 Å². The first-order valence-electron chi connectivity index (χ1n) is 22.9. The Hall–Kier alpha value is -8.60. The molecule has 66 heavy (non-hydrogen) atoms. The van der Waals surface area contributed by atoms with Gasteiger partial charge in [-0.1, -0.05) is 140 Å². The quantitative estimate of drug-likeness (QED) is 0.159. The molecule has 0 aliphatic rings. The second kappa shape index (κ2) is 14.2. The van der Waals surface area contributed by atoms with Gasteiger partial charge in [0, 0.05) is 60.2 Å². The molecule has 4 heteroatoms. The summed E-state index contributed by atoms with van der Waals surface area (Å²) in [5.41, 5.74) is 18.2. The van der Waals surface area contributed by atoms with Crippen molar-refractivity contribution >= 4 is 87.2 Å². The van der Waals surface area contributed by atoms with E-state index in [0.29, 0.717) is 0 Å². The highest BCUT2D eigenvalue weighted by atomic mass is 15.0. The van der Waals surface area contributed by atoms with Gasteiger partial charge in [-0.25, -0.2) is 0 Å². The lowest BCUT2D eigenvalue weighted by Crippen LogP contribution is -2.01. The monoisotopic (exact) mass is 842 g/mol. The van der Waals surface area contributed by atoms with E-state index in [9.17, 15) is 0 Å². The van der Waals surface area contributed by atoms with Gasteiger partial charge in [0.1, 0.15) is 0 Å². The number of fused-ring (bicyclic) bond motifs is 12. The van der Waals surface area contributed by atoms with Gasteiger partial charge < -0.3 is 18.3 Å². The predicted molar refractivity (Wildman–Crippen MR) is 278 cm³/mol. The van der Waals surface area contributed by atoms with Crippen LogP contribution in [0.4, 0.5) is 0 Å². The lowest BCUT2D eigenvalue weighted by molar-refractivity contribution is 1.11. The lowest BCUT2D eigenvalue weighted by atomic mass is 9.99. The van der Waals surface area contributed by atoms with Crippen molar-refractivity contribution in [1.82, 2.24) is 18.3 Å². The van der Waals surface area contributed by atoms with Crippen LogP contribution in [0.3, 0.4) is 0 Å². The molecule has 0 spiro atoms. The van der Waals surface area contributed by atoms with Gasteiger partial charge in [-0.15, -0.1) is 0 Å². The molecule has 4 nitrogen and oxygen atoms in total. The summed E-state index contributed by atoms with van der Waals surface area (Å²) < 4.78 is 9.77. The van der Waals surface area contributed by atoms with Gasteiger partial charge in [0.25, 0.3) is 0 Å². The molecule has 14 aromatic rings. The minimum absolute atomic E-state index is 0.800. The van der Waals surface area contributed by atoms with Crippen LogP contribution < -0.4 is 0 Å². The van der Waals surface area contributed by atoms with Crippen molar-refractivity contribution in [2.75, 3.05) is 0 Å². The smallest absolute Gasteiger partial charge is 0.0544 e. The SMILES string of the molecule is Cc1ccc(-n2c3ccccc3c3ccccc32)cc1-n1c2ccccc2c2c(Cc3cccc(-n4c5ccccc5c5cc(-n6c7ccccc7c7ccccc76)ccc54)c3)cccc21. The highest BCUT2D eigenvalue weighted by molar-refractivity contribution is 6.14. The molecule has 14 rings (SSSR count). The second-order valence-corrected chi connectivity index (χ2v) is 17.8. The molecule has 310 valence electrons. The topological polar surface area (TPSA) is 19.7 Å². The summed E-state index contributed by atoms with van der Waals surface area (Å²) >= 11 is 0. The molecular weight excluding hydrogens is 801 g/mol. The van der Waals surface area contributed by atoms with Crippen molar-refractivity contribution in [2.45, 2.75) is 13.3 Å². The van der Waals surface area contributed by atoms with E-state index in [1.54, 1.807) is 0 Å². The maximum absolute atomic E-state index is 2.49. The molecule has 0 aliphatic heterocycles. The van der Waals surface area contributed by atoms with Gasteiger partial charge in [0.05, 0.1) is 49.8 Å². The Bertz CT molecular complexity index is 4180. The van der Waals surface area contributed by atoms with Crippen LogP contribution in [0, 0.1) is 6.92 Å². The fourth-order valence-electron chi connectivity index (χ4n) is 11.3. The Kier molecular flexibility index (Phi) is 7.93. The van der Waals surface area contributed by atoms with Gasteiger partial charge in [-0.05, 0) is 115 Å². The number of aryl methyl sites for hydroxylation is 1. The van der Waals surface area contributed by atoms with Crippen LogP contribution in [0.5, 0.6) is 0 Å². The summed E-state index contributed by atoms with van der Waals surface area (Å²) in [5.74, 6) is 0. The predicted octanol–water partition coefficient (Wildman–Crippen LogP) is 16.0. The standard InChI is InChI=1S/C62H42N4/c1-40-32-33-45(65-55-27-10-4-21-48(55)49-22-5-11-28-56(49)65)39-61(40)66-58-30-13-7-24-51(58)62-42(17-15-31-60(62)66)36-41-16-14-18-43(37-41)63-57-29-12-6-23-50(57)52-38-44(34-35-59(52)63)64-53-25-8-2-19-46(53)47-20-3-9-26-54(47)64/h2-35,37-39H,36H2,1H3. The average Bonchev–Trinajstić information content (AvgIpc) is 4.10. The fraction of sp³-hybridized carbons (Fsp3) is 0.0323. The second-order valence-electron chi connectivity index (χ2n) is 17.8. The summed E-state index contributed by atoms with van der Waals surface area (Å²) in [6.07, 6.45) is 0.800. The summed E-state index contributed by atoms with van der Waals surface area (Å²) in [7, 11) is 0. The average molecular weight is 843 g/mol. The largest absolute Gasteiger partial charge is 0.309 e. The molecule has 4 aromatic heterocycles. The van der Waals surface area contributed by atoms with Crippen molar-refractivity contribution in [3.8, 4) is 22.7 Å². The number of aromatic nitrogens is 4. The number of hydrogen-bond acceptors (Lipinski definition) is 0. The van der Waals surface area contributed by atoms with E-state index in [-0.39, 0.29) is 0 Å². The van der Waals surface area contributed by atoms with Gasteiger partial charge >= 0.3 is 0 Å². The van der Waals surface area contributed by atoms with Crippen molar-refractivity contribution in [1.29, 1.82) is 0 Å². The van der Waals surface area contributed by atoms with Crippen LogP contribution in [0.2, 0.25) is 0 Å². The van der Waals surface area contributed by atoms with Gasteiger partial charge in [0.15, 0.2) is 0 Å². The number of para-hydroxylation sites is 6. The maximum atomic E-state index is 2.49. The maximum Gasteiger partial charge on any atom is 0.0544 e. The summed E-state index contributed by atoms with van der Waals surface area (Å²) in [6.45, 7) is 2.24. The number of hydrogen-bond donors (Lipinski definition) is 0. The van der Waals surface area contributed by atoms with Crippen molar-refractivity contribution < 1.29 is 0 Å². The third-order valence-electron chi connectivity index (χ3n) is 14.1. The van der Waals surface area contributed by atoms with Gasteiger partial charge in [-0.3, -0.25) is 0 Å². The van der Waals surface area contributed by atoms with E-state index in [1.165, 1.54) is 110 Å². The molecule has 10 aromatic carbocycles. The number of rotatable bonds is 6.